The molecular weight excluding hydrogens is 300 g/mol. The Morgan fingerprint density at radius 2 is 2.12 bits per heavy atom. The Hall–Kier alpha value is -2.01. The van der Waals surface area contributed by atoms with Crippen molar-refractivity contribution in [1.29, 1.82) is 0 Å². The van der Waals surface area contributed by atoms with E-state index in [1.807, 2.05) is 12.3 Å². The number of pyridine rings is 1. The second-order valence-corrected chi connectivity index (χ2v) is 6.28. The van der Waals surface area contributed by atoms with Crippen LogP contribution in [0.15, 0.2) is 24.5 Å². The molecule has 2 aromatic heterocycles. The molecule has 0 saturated heterocycles. The first-order valence-electron chi connectivity index (χ1n) is 8.92. The highest BCUT2D eigenvalue weighted by Gasteiger charge is 2.19. The van der Waals surface area contributed by atoms with E-state index in [4.69, 9.17) is 9.72 Å². The number of ether oxygens (including phenoxy) is 1. The zero-order chi connectivity index (χ0) is 16.8. The summed E-state index contributed by atoms with van der Waals surface area (Å²) in [6, 6.07) is 4.08. The fourth-order valence-electron chi connectivity index (χ4n) is 3.01. The van der Waals surface area contributed by atoms with E-state index in [0.29, 0.717) is 6.61 Å². The number of aromatic nitrogens is 3. The van der Waals surface area contributed by atoms with Gasteiger partial charge in [-0.1, -0.05) is 19.9 Å². The highest BCUT2D eigenvalue weighted by atomic mass is 16.5. The van der Waals surface area contributed by atoms with Crippen LogP contribution in [0.25, 0.3) is 0 Å². The van der Waals surface area contributed by atoms with Crippen molar-refractivity contribution in [1.82, 2.24) is 19.9 Å². The third-order valence-corrected chi connectivity index (χ3v) is 4.22. The molecule has 2 aromatic rings. The molecule has 0 atom stereocenters. The molecule has 5 nitrogen and oxygen atoms in total. The smallest absolute Gasteiger partial charge is 0.217 e. The van der Waals surface area contributed by atoms with Crippen LogP contribution in [0, 0.1) is 0 Å². The van der Waals surface area contributed by atoms with Crippen LogP contribution in [0.5, 0.6) is 5.88 Å². The molecule has 0 unspecified atom stereocenters. The fraction of sp³-hybridized carbons (Fsp3) is 0.526. The van der Waals surface area contributed by atoms with E-state index < -0.39 is 0 Å². The van der Waals surface area contributed by atoms with Gasteiger partial charge in [0.15, 0.2) is 0 Å². The largest absolute Gasteiger partial charge is 0.477 e. The summed E-state index contributed by atoms with van der Waals surface area (Å²) in [5, 5.41) is 0. The standard InChI is InChI=1S/C19H26N4O/c1-3-6-18-21-12-16-14-23(10-8-17(16)22-18)13-15-7-5-9-20-19(15)24-11-4-2/h5,7,9,12H,3-4,6,8,10-11,13-14H2,1-2H3. The minimum Gasteiger partial charge on any atom is -0.477 e. The van der Waals surface area contributed by atoms with Crippen LogP contribution in [0.1, 0.15) is 49.3 Å². The molecule has 3 heterocycles. The average molecular weight is 326 g/mol. The van der Waals surface area contributed by atoms with E-state index in [9.17, 15) is 0 Å². The van der Waals surface area contributed by atoms with Gasteiger partial charge in [0.05, 0.1) is 6.61 Å². The molecule has 0 spiro atoms. The van der Waals surface area contributed by atoms with Gasteiger partial charge in [-0.3, -0.25) is 4.90 Å². The molecule has 0 saturated carbocycles. The summed E-state index contributed by atoms with van der Waals surface area (Å²) in [4.78, 5) is 16.0. The molecule has 0 aromatic carbocycles. The number of hydrogen-bond donors (Lipinski definition) is 0. The minimum atomic E-state index is 0.709. The number of rotatable bonds is 7. The van der Waals surface area contributed by atoms with Crippen LogP contribution in [-0.2, 0) is 25.9 Å². The maximum Gasteiger partial charge on any atom is 0.217 e. The first-order chi connectivity index (χ1) is 11.8. The summed E-state index contributed by atoms with van der Waals surface area (Å²) in [6.45, 7) is 7.74. The van der Waals surface area contributed by atoms with Crippen LogP contribution >= 0.6 is 0 Å². The first kappa shape index (κ1) is 16.8. The molecule has 0 aliphatic carbocycles. The van der Waals surface area contributed by atoms with Gasteiger partial charge in [-0.2, -0.15) is 0 Å². The van der Waals surface area contributed by atoms with Crippen molar-refractivity contribution in [2.24, 2.45) is 0 Å². The third kappa shape index (κ3) is 4.09. The lowest BCUT2D eigenvalue weighted by Gasteiger charge is -2.28. The predicted molar refractivity (Wildman–Crippen MR) is 93.9 cm³/mol. The summed E-state index contributed by atoms with van der Waals surface area (Å²) in [7, 11) is 0. The Morgan fingerprint density at radius 1 is 1.21 bits per heavy atom. The van der Waals surface area contributed by atoms with Crippen molar-refractivity contribution in [2.45, 2.75) is 52.6 Å². The highest BCUT2D eigenvalue weighted by Crippen LogP contribution is 2.22. The Balaban J connectivity index is 1.68. The molecule has 1 aliphatic heterocycles. The Bertz CT molecular complexity index is 674. The topological polar surface area (TPSA) is 51.1 Å². The van der Waals surface area contributed by atoms with E-state index in [-0.39, 0.29) is 0 Å². The van der Waals surface area contributed by atoms with Gasteiger partial charge in [0, 0.05) is 61.7 Å². The Labute approximate surface area is 144 Å². The van der Waals surface area contributed by atoms with Gasteiger partial charge in [0.1, 0.15) is 5.82 Å². The van der Waals surface area contributed by atoms with Crippen molar-refractivity contribution >= 4 is 0 Å². The fourth-order valence-corrected chi connectivity index (χ4v) is 3.01. The number of fused-ring (bicyclic) bond motifs is 1. The molecule has 0 radical (unpaired) electrons. The maximum absolute atomic E-state index is 5.78. The second-order valence-electron chi connectivity index (χ2n) is 6.28. The normalized spacial score (nSPS) is 14.4. The van der Waals surface area contributed by atoms with Crippen molar-refractivity contribution in [3.05, 3.63) is 47.2 Å². The first-order valence-corrected chi connectivity index (χ1v) is 8.92. The molecule has 0 amide bonds. The second kappa shape index (κ2) is 8.20. The quantitative estimate of drug-likeness (QED) is 0.782. The molecule has 24 heavy (non-hydrogen) atoms. The van der Waals surface area contributed by atoms with Gasteiger partial charge < -0.3 is 4.74 Å². The van der Waals surface area contributed by atoms with Crippen molar-refractivity contribution in [3.8, 4) is 5.88 Å². The van der Waals surface area contributed by atoms with Crippen LogP contribution < -0.4 is 4.74 Å². The van der Waals surface area contributed by atoms with E-state index in [1.54, 1.807) is 6.20 Å². The summed E-state index contributed by atoms with van der Waals surface area (Å²) in [6.07, 6.45) is 7.84. The molecule has 0 N–H and O–H groups in total. The minimum absolute atomic E-state index is 0.709. The van der Waals surface area contributed by atoms with E-state index in [2.05, 4.69) is 34.8 Å². The lowest BCUT2D eigenvalue weighted by Crippen LogP contribution is -2.31. The van der Waals surface area contributed by atoms with Gasteiger partial charge in [0.2, 0.25) is 5.88 Å². The zero-order valence-corrected chi connectivity index (χ0v) is 14.7. The Morgan fingerprint density at radius 3 is 2.96 bits per heavy atom. The van der Waals surface area contributed by atoms with Crippen LogP contribution in [0.2, 0.25) is 0 Å². The highest BCUT2D eigenvalue weighted by molar-refractivity contribution is 5.26. The van der Waals surface area contributed by atoms with E-state index in [0.717, 1.165) is 62.6 Å². The van der Waals surface area contributed by atoms with Crippen molar-refractivity contribution in [2.75, 3.05) is 13.2 Å². The molecule has 5 heteroatoms. The van der Waals surface area contributed by atoms with Crippen molar-refractivity contribution < 1.29 is 4.74 Å². The molecular formula is C19H26N4O. The van der Waals surface area contributed by atoms with Gasteiger partial charge >= 0.3 is 0 Å². The van der Waals surface area contributed by atoms with E-state index >= 15 is 0 Å². The predicted octanol–water partition coefficient (Wildman–Crippen LogP) is 3.17. The molecule has 0 fully saturated rings. The average Bonchev–Trinajstić information content (AvgIpc) is 2.61. The third-order valence-electron chi connectivity index (χ3n) is 4.22. The number of aryl methyl sites for hydroxylation is 1. The summed E-state index contributed by atoms with van der Waals surface area (Å²) < 4.78 is 5.78. The molecule has 3 rings (SSSR count). The van der Waals surface area contributed by atoms with Gasteiger partial charge in [-0.05, 0) is 18.9 Å². The van der Waals surface area contributed by atoms with Crippen molar-refractivity contribution in [3.63, 3.8) is 0 Å². The number of hydrogen-bond acceptors (Lipinski definition) is 5. The SMILES string of the molecule is CCCOc1ncccc1CN1CCc2nc(CCC)ncc2C1. The molecule has 1 aliphatic rings. The summed E-state index contributed by atoms with van der Waals surface area (Å²) in [5.74, 6) is 1.74. The lowest BCUT2D eigenvalue weighted by atomic mass is 10.1. The van der Waals surface area contributed by atoms with Gasteiger partial charge in [-0.25, -0.2) is 15.0 Å². The van der Waals surface area contributed by atoms with Gasteiger partial charge in [0.25, 0.3) is 0 Å². The van der Waals surface area contributed by atoms with E-state index in [1.165, 1.54) is 11.3 Å². The monoisotopic (exact) mass is 326 g/mol. The lowest BCUT2D eigenvalue weighted by molar-refractivity contribution is 0.233. The summed E-state index contributed by atoms with van der Waals surface area (Å²) in [5.41, 5.74) is 3.62. The van der Waals surface area contributed by atoms with Crippen LogP contribution in [0.3, 0.4) is 0 Å². The van der Waals surface area contributed by atoms with Crippen LogP contribution in [-0.4, -0.2) is 33.0 Å². The molecule has 0 bridgehead atoms. The Kier molecular flexibility index (Phi) is 5.75. The van der Waals surface area contributed by atoms with Gasteiger partial charge in [-0.15, -0.1) is 0 Å². The zero-order valence-electron chi connectivity index (χ0n) is 14.7. The van der Waals surface area contributed by atoms with Crippen LogP contribution in [0.4, 0.5) is 0 Å². The number of nitrogens with zero attached hydrogens (tertiary/aromatic N) is 4. The maximum atomic E-state index is 5.78. The molecule has 128 valence electrons. The summed E-state index contributed by atoms with van der Waals surface area (Å²) >= 11 is 0.